The Morgan fingerprint density at radius 2 is 2.00 bits per heavy atom. The average molecular weight is 277 g/mol. The van der Waals surface area contributed by atoms with Crippen LogP contribution in [0.2, 0.25) is 0 Å². The maximum atomic E-state index is 10.5. The molecule has 20 heavy (non-hydrogen) atoms. The van der Waals surface area contributed by atoms with Crippen molar-refractivity contribution in [1.29, 1.82) is 0 Å². The lowest BCUT2D eigenvalue weighted by molar-refractivity contribution is -0.0339. The zero-order valence-corrected chi connectivity index (χ0v) is 12.2. The molecular weight excluding hydrogens is 254 g/mol. The molecule has 2 N–H and O–H groups in total. The van der Waals surface area contributed by atoms with Crippen molar-refractivity contribution in [1.82, 2.24) is 0 Å². The van der Waals surface area contributed by atoms with Gasteiger partial charge in [0.1, 0.15) is 12.4 Å². The highest BCUT2D eigenvalue weighted by Crippen LogP contribution is 2.30. The molecule has 4 heteroatoms. The first-order valence-electron chi connectivity index (χ1n) is 7.19. The Morgan fingerprint density at radius 3 is 2.65 bits per heavy atom. The summed E-state index contributed by atoms with van der Waals surface area (Å²) in [6.45, 7) is 4.01. The molecule has 1 aromatic rings. The molecule has 2 rings (SSSR count). The van der Waals surface area contributed by atoms with Crippen molar-refractivity contribution in [2.24, 2.45) is 5.16 Å². The Balaban J connectivity index is 2.14. The third kappa shape index (κ3) is 3.51. The Bertz CT molecular complexity index is 490. The summed E-state index contributed by atoms with van der Waals surface area (Å²) in [7, 11) is 0. The fourth-order valence-corrected chi connectivity index (χ4v) is 2.67. The largest absolute Gasteiger partial charge is 0.490 e. The first kappa shape index (κ1) is 14.9. The number of benzene rings is 1. The van der Waals surface area contributed by atoms with Crippen LogP contribution in [0.1, 0.15) is 50.2 Å². The van der Waals surface area contributed by atoms with E-state index in [4.69, 9.17) is 9.94 Å². The highest BCUT2D eigenvalue weighted by atomic mass is 16.5. The molecule has 0 aliphatic heterocycles. The number of aryl methyl sites for hydroxylation is 1. The molecule has 0 spiro atoms. The maximum Gasteiger partial charge on any atom is 0.128 e. The van der Waals surface area contributed by atoms with Crippen LogP contribution in [0.3, 0.4) is 0 Å². The predicted octanol–water partition coefficient (Wildman–Crippen LogP) is 3.27. The van der Waals surface area contributed by atoms with E-state index in [1.54, 1.807) is 6.92 Å². The molecule has 0 bridgehead atoms. The van der Waals surface area contributed by atoms with Crippen LogP contribution in [-0.4, -0.2) is 28.2 Å². The number of oxime groups is 1. The minimum Gasteiger partial charge on any atom is -0.490 e. The zero-order valence-electron chi connectivity index (χ0n) is 12.2. The van der Waals surface area contributed by atoms with E-state index in [-0.39, 0.29) is 0 Å². The fourth-order valence-electron chi connectivity index (χ4n) is 2.67. The second kappa shape index (κ2) is 6.27. The fraction of sp³-hybridized carbons (Fsp3) is 0.562. The van der Waals surface area contributed by atoms with Crippen LogP contribution in [-0.2, 0) is 0 Å². The molecule has 0 unspecified atom stereocenters. The molecule has 0 heterocycles. The van der Waals surface area contributed by atoms with Gasteiger partial charge in [-0.1, -0.05) is 30.5 Å². The zero-order chi connectivity index (χ0) is 14.6. The smallest absolute Gasteiger partial charge is 0.128 e. The van der Waals surface area contributed by atoms with Gasteiger partial charge in [0.25, 0.3) is 0 Å². The van der Waals surface area contributed by atoms with E-state index in [1.165, 1.54) is 6.42 Å². The van der Waals surface area contributed by atoms with E-state index >= 15 is 0 Å². The van der Waals surface area contributed by atoms with Gasteiger partial charge in [-0.3, -0.25) is 0 Å². The van der Waals surface area contributed by atoms with Crippen LogP contribution in [0.4, 0.5) is 0 Å². The molecule has 1 aliphatic carbocycles. The summed E-state index contributed by atoms with van der Waals surface area (Å²) in [6.07, 6.45) is 4.88. The Labute approximate surface area is 120 Å². The number of rotatable bonds is 4. The number of hydrogen-bond donors (Lipinski definition) is 2. The second-order valence-corrected chi connectivity index (χ2v) is 5.76. The van der Waals surface area contributed by atoms with Gasteiger partial charge in [0.2, 0.25) is 0 Å². The first-order chi connectivity index (χ1) is 9.54. The van der Waals surface area contributed by atoms with Gasteiger partial charge in [-0.15, -0.1) is 0 Å². The van der Waals surface area contributed by atoms with Gasteiger partial charge in [0, 0.05) is 5.56 Å². The van der Waals surface area contributed by atoms with E-state index in [1.807, 2.05) is 25.1 Å². The minimum absolute atomic E-state index is 0.294. The van der Waals surface area contributed by atoms with E-state index < -0.39 is 5.60 Å². The summed E-state index contributed by atoms with van der Waals surface area (Å²) in [5.41, 5.74) is 1.63. The SMILES string of the molecule is CC(=NO)c1ccc(C)cc1OCC1(O)CCCCC1. The molecular formula is C16H23NO3. The number of ether oxygens (including phenoxy) is 1. The van der Waals surface area contributed by atoms with Crippen molar-refractivity contribution in [2.45, 2.75) is 51.6 Å². The highest BCUT2D eigenvalue weighted by Gasteiger charge is 2.30. The standard InChI is InChI=1S/C16H23NO3/c1-12-6-7-14(13(2)17-19)15(10-12)20-11-16(18)8-4-3-5-9-16/h6-7,10,18-19H,3-5,8-9,11H2,1-2H3. The third-order valence-electron chi connectivity index (χ3n) is 3.96. The predicted molar refractivity (Wildman–Crippen MR) is 78.7 cm³/mol. The van der Waals surface area contributed by atoms with Crippen LogP contribution < -0.4 is 4.74 Å². The first-order valence-corrected chi connectivity index (χ1v) is 7.19. The van der Waals surface area contributed by atoms with E-state index in [0.29, 0.717) is 18.1 Å². The van der Waals surface area contributed by atoms with Crippen molar-refractivity contribution >= 4 is 5.71 Å². The number of hydrogen-bond acceptors (Lipinski definition) is 4. The van der Waals surface area contributed by atoms with Gasteiger partial charge in [-0.05, 0) is 44.4 Å². The summed E-state index contributed by atoms with van der Waals surface area (Å²) in [6, 6.07) is 5.74. The molecule has 1 saturated carbocycles. The molecule has 0 amide bonds. The van der Waals surface area contributed by atoms with Crippen molar-refractivity contribution in [3.05, 3.63) is 29.3 Å². The van der Waals surface area contributed by atoms with Crippen LogP contribution in [0.15, 0.2) is 23.4 Å². The molecule has 0 aromatic heterocycles. The molecule has 1 aromatic carbocycles. The summed E-state index contributed by atoms with van der Waals surface area (Å²) < 4.78 is 5.84. The monoisotopic (exact) mass is 277 g/mol. The van der Waals surface area contributed by atoms with Crippen molar-refractivity contribution in [3.63, 3.8) is 0 Å². The lowest BCUT2D eigenvalue weighted by Gasteiger charge is -2.32. The van der Waals surface area contributed by atoms with Crippen molar-refractivity contribution in [2.75, 3.05) is 6.61 Å². The lowest BCUT2D eigenvalue weighted by atomic mass is 9.85. The quantitative estimate of drug-likeness (QED) is 0.504. The summed E-state index contributed by atoms with van der Waals surface area (Å²) in [5.74, 6) is 0.666. The van der Waals surface area contributed by atoms with Crippen LogP contribution in [0, 0.1) is 6.92 Å². The molecule has 0 radical (unpaired) electrons. The van der Waals surface area contributed by atoms with Gasteiger partial charge in [0.05, 0.1) is 11.3 Å². The summed E-state index contributed by atoms with van der Waals surface area (Å²) >= 11 is 0. The lowest BCUT2D eigenvalue weighted by Crippen LogP contribution is -2.38. The van der Waals surface area contributed by atoms with Gasteiger partial charge in [0.15, 0.2) is 0 Å². The summed E-state index contributed by atoms with van der Waals surface area (Å²) in [5, 5.41) is 22.7. The Morgan fingerprint density at radius 1 is 1.30 bits per heavy atom. The third-order valence-corrected chi connectivity index (χ3v) is 3.96. The molecule has 0 atom stereocenters. The number of aliphatic hydroxyl groups is 1. The van der Waals surface area contributed by atoms with E-state index in [2.05, 4.69) is 5.16 Å². The molecule has 1 fully saturated rings. The summed E-state index contributed by atoms with van der Waals surface area (Å²) in [4.78, 5) is 0. The van der Waals surface area contributed by atoms with Gasteiger partial charge in [-0.25, -0.2) is 0 Å². The normalized spacial score (nSPS) is 18.9. The molecule has 1 aliphatic rings. The van der Waals surface area contributed by atoms with Gasteiger partial charge >= 0.3 is 0 Å². The number of nitrogens with zero attached hydrogens (tertiary/aromatic N) is 1. The minimum atomic E-state index is -0.719. The average Bonchev–Trinajstić information content (AvgIpc) is 2.45. The maximum absolute atomic E-state index is 10.5. The van der Waals surface area contributed by atoms with Crippen molar-refractivity contribution < 1.29 is 15.1 Å². The molecule has 4 nitrogen and oxygen atoms in total. The van der Waals surface area contributed by atoms with E-state index in [9.17, 15) is 5.11 Å². The van der Waals surface area contributed by atoms with E-state index in [0.717, 1.165) is 36.8 Å². The second-order valence-electron chi connectivity index (χ2n) is 5.76. The molecule has 0 saturated heterocycles. The topological polar surface area (TPSA) is 62.1 Å². The Hall–Kier alpha value is -1.55. The van der Waals surface area contributed by atoms with Crippen molar-refractivity contribution in [3.8, 4) is 5.75 Å². The van der Waals surface area contributed by atoms with Crippen LogP contribution >= 0.6 is 0 Å². The van der Waals surface area contributed by atoms with Crippen LogP contribution in [0.5, 0.6) is 5.75 Å². The van der Waals surface area contributed by atoms with Gasteiger partial charge in [-0.2, -0.15) is 0 Å². The van der Waals surface area contributed by atoms with Crippen LogP contribution in [0.25, 0.3) is 0 Å². The van der Waals surface area contributed by atoms with Gasteiger partial charge < -0.3 is 15.1 Å². The Kier molecular flexibility index (Phi) is 4.65. The highest BCUT2D eigenvalue weighted by molar-refractivity contribution is 6.00. The molecule has 110 valence electrons.